The highest BCUT2D eigenvalue weighted by Gasteiger charge is 2.40. The Morgan fingerprint density at radius 3 is 2.18 bits per heavy atom. The van der Waals surface area contributed by atoms with Gasteiger partial charge < -0.3 is 10.6 Å². The molecule has 202 valence electrons. The van der Waals surface area contributed by atoms with Crippen LogP contribution in [0.25, 0.3) is 11.1 Å². The summed E-state index contributed by atoms with van der Waals surface area (Å²) in [4.78, 5) is 13.4. The third kappa shape index (κ3) is 6.17. The van der Waals surface area contributed by atoms with Crippen LogP contribution in [0.1, 0.15) is 47.9 Å². The molecular weight excluding hydrogens is 524 g/mol. The van der Waals surface area contributed by atoms with Crippen molar-refractivity contribution in [3.05, 3.63) is 118 Å². The molecule has 1 fully saturated rings. The van der Waals surface area contributed by atoms with E-state index in [2.05, 4.69) is 10.6 Å². The van der Waals surface area contributed by atoms with E-state index < -0.39 is 29.1 Å². The Balaban J connectivity index is 1.67. The van der Waals surface area contributed by atoms with Crippen molar-refractivity contribution in [2.24, 2.45) is 0 Å². The first kappa shape index (κ1) is 26.9. The van der Waals surface area contributed by atoms with Crippen LogP contribution >= 0.6 is 11.3 Å². The molecule has 0 saturated heterocycles. The number of benzene rings is 3. The molecular formula is C31H28F4N2OS. The van der Waals surface area contributed by atoms with Crippen LogP contribution in [0.4, 0.5) is 22.4 Å². The van der Waals surface area contributed by atoms with Crippen molar-refractivity contribution in [1.82, 2.24) is 10.6 Å². The molecule has 4 aromatic rings. The predicted octanol–water partition coefficient (Wildman–Crippen LogP) is 8.30. The Bertz CT molecular complexity index is 1400. The van der Waals surface area contributed by atoms with E-state index in [-0.39, 0.29) is 18.0 Å². The molecule has 5 rings (SSSR count). The second-order valence-electron chi connectivity index (χ2n) is 9.96. The maximum Gasteiger partial charge on any atom is 0.416 e. The van der Waals surface area contributed by atoms with Gasteiger partial charge in [-0.25, -0.2) is 9.18 Å². The number of hydrogen-bond donors (Lipinski definition) is 2. The molecule has 3 aromatic carbocycles. The molecule has 1 unspecified atom stereocenters. The minimum absolute atomic E-state index is 0.0152. The van der Waals surface area contributed by atoms with Crippen LogP contribution in [-0.2, 0) is 18.1 Å². The van der Waals surface area contributed by atoms with Crippen LogP contribution in [0.3, 0.4) is 0 Å². The SMILES string of the molecule is O=C(NC1CCCC1)NC(Cc1ccccc1)(c1ccc(-c2ccsc2)cc1)c1cc(F)cc(C(F)(F)F)c1. The van der Waals surface area contributed by atoms with Crippen molar-refractivity contribution < 1.29 is 22.4 Å². The van der Waals surface area contributed by atoms with Gasteiger partial charge in [0.25, 0.3) is 0 Å². The zero-order valence-corrected chi connectivity index (χ0v) is 21.9. The molecule has 1 aliphatic carbocycles. The Hall–Kier alpha value is -3.65. The van der Waals surface area contributed by atoms with E-state index in [9.17, 15) is 22.4 Å². The number of amides is 2. The molecule has 8 heteroatoms. The number of rotatable bonds is 7. The zero-order valence-electron chi connectivity index (χ0n) is 21.1. The number of carbonyl (C=O) groups excluding carboxylic acids is 1. The molecule has 0 aliphatic heterocycles. The van der Waals surface area contributed by atoms with E-state index in [1.165, 1.54) is 0 Å². The van der Waals surface area contributed by atoms with Crippen molar-refractivity contribution in [3.63, 3.8) is 0 Å². The molecule has 39 heavy (non-hydrogen) atoms. The van der Waals surface area contributed by atoms with Gasteiger partial charge in [0.05, 0.1) is 11.1 Å². The maximum absolute atomic E-state index is 14.8. The molecule has 2 amide bonds. The lowest BCUT2D eigenvalue weighted by Crippen LogP contribution is -2.53. The van der Waals surface area contributed by atoms with Crippen LogP contribution in [0.5, 0.6) is 0 Å². The minimum atomic E-state index is -4.76. The summed E-state index contributed by atoms with van der Waals surface area (Å²) in [5.74, 6) is -1.02. The number of halogens is 4. The van der Waals surface area contributed by atoms with E-state index in [1.807, 2.05) is 59.3 Å². The number of nitrogens with one attached hydrogen (secondary N) is 2. The molecule has 0 radical (unpaired) electrons. The summed E-state index contributed by atoms with van der Waals surface area (Å²) < 4.78 is 56.4. The van der Waals surface area contributed by atoms with Gasteiger partial charge in [-0.05, 0) is 75.7 Å². The third-order valence-electron chi connectivity index (χ3n) is 7.28. The first-order valence-electron chi connectivity index (χ1n) is 12.9. The molecule has 1 saturated carbocycles. The Morgan fingerprint density at radius 2 is 1.54 bits per heavy atom. The lowest BCUT2D eigenvalue weighted by molar-refractivity contribution is -0.137. The number of urea groups is 1. The number of thiophene rings is 1. The largest absolute Gasteiger partial charge is 0.416 e. The van der Waals surface area contributed by atoms with Crippen LogP contribution in [-0.4, -0.2) is 12.1 Å². The van der Waals surface area contributed by atoms with Gasteiger partial charge in [0.1, 0.15) is 5.82 Å². The van der Waals surface area contributed by atoms with Gasteiger partial charge in [-0.2, -0.15) is 24.5 Å². The van der Waals surface area contributed by atoms with Crippen molar-refractivity contribution in [1.29, 1.82) is 0 Å². The Kier molecular flexibility index (Phi) is 7.75. The van der Waals surface area contributed by atoms with E-state index in [4.69, 9.17) is 0 Å². The molecule has 1 atom stereocenters. The van der Waals surface area contributed by atoms with Gasteiger partial charge in [0.15, 0.2) is 0 Å². The zero-order chi connectivity index (χ0) is 27.5. The molecule has 3 nitrogen and oxygen atoms in total. The van der Waals surface area contributed by atoms with Crippen LogP contribution < -0.4 is 10.6 Å². The fourth-order valence-corrected chi connectivity index (χ4v) is 5.99. The van der Waals surface area contributed by atoms with Crippen LogP contribution in [0.2, 0.25) is 0 Å². The van der Waals surface area contributed by atoms with E-state index >= 15 is 0 Å². The molecule has 0 spiro atoms. The number of hydrogen-bond acceptors (Lipinski definition) is 2. The molecule has 1 aromatic heterocycles. The summed E-state index contributed by atoms with van der Waals surface area (Å²) >= 11 is 1.56. The second kappa shape index (κ2) is 11.2. The summed E-state index contributed by atoms with van der Waals surface area (Å²) in [7, 11) is 0. The van der Waals surface area contributed by atoms with Gasteiger partial charge in [0.2, 0.25) is 0 Å². The normalized spacial score (nSPS) is 15.6. The lowest BCUT2D eigenvalue weighted by atomic mass is 9.77. The van der Waals surface area contributed by atoms with Crippen LogP contribution in [0, 0.1) is 5.82 Å². The molecule has 0 bridgehead atoms. The average Bonchev–Trinajstić information content (AvgIpc) is 3.63. The number of carbonyl (C=O) groups is 1. The highest BCUT2D eigenvalue weighted by molar-refractivity contribution is 7.08. The van der Waals surface area contributed by atoms with Crippen molar-refractivity contribution in [2.45, 2.75) is 49.9 Å². The summed E-state index contributed by atoms with van der Waals surface area (Å²) in [6.07, 6.45) is -0.958. The van der Waals surface area contributed by atoms with Gasteiger partial charge in [-0.3, -0.25) is 0 Å². The smallest absolute Gasteiger partial charge is 0.335 e. The first-order chi connectivity index (χ1) is 18.7. The standard InChI is InChI=1S/C31H28F4N2OS/c32-27-17-25(16-26(18-27)31(33,34)35)30(19-21-6-2-1-3-7-21,37-29(38)36-28-8-4-5-9-28)24-12-10-22(11-13-24)23-14-15-39-20-23/h1-3,6-7,10-18,20,28H,4-5,8-9,19H2,(H2,36,37,38). The van der Waals surface area contributed by atoms with Gasteiger partial charge >= 0.3 is 12.2 Å². The highest BCUT2D eigenvalue weighted by Crippen LogP contribution is 2.39. The van der Waals surface area contributed by atoms with Crippen molar-refractivity contribution in [2.75, 3.05) is 0 Å². The summed E-state index contributed by atoms with van der Waals surface area (Å²) in [6, 6.07) is 20.5. The van der Waals surface area contributed by atoms with E-state index in [0.717, 1.165) is 54.5 Å². The summed E-state index contributed by atoms with van der Waals surface area (Å²) in [5, 5.41) is 9.97. The Morgan fingerprint density at radius 1 is 0.846 bits per heavy atom. The molecule has 1 heterocycles. The van der Waals surface area contributed by atoms with Crippen LogP contribution in [0.15, 0.2) is 89.6 Å². The fraction of sp³-hybridized carbons (Fsp3) is 0.258. The summed E-state index contributed by atoms with van der Waals surface area (Å²) in [5.41, 5.74) is 0.686. The first-order valence-corrected chi connectivity index (χ1v) is 13.8. The van der Waals surface area contributed by atoms with Crippen molar-refractivity contribution in [3.8, 4) is 11.1 Å². The van der Waals surface area contributed by atoms with E-state index in [0.29, 0.717) is 11.6 Å². The average molecular weight is 553 g/mol. The van der Waals surface area contributed by atoms with E-state index in [1.54, 1.807) is 23.5 Å². The molecule has 1 aliphatic rings. The monoisotopic (exact) mass is 552 g/mol. The quantitative estimate of drug-likeness (QED) is 0.223. The van der Waals surface area contributed by atoms with Crippen molar-refractivity contribution >= 4 is 17.4 Å². The summed E-state index contributed by atoms with van der Waals surface area (Å²) in [6.45, 7) is 0. The topological polar surface area (TPSA) is 41.1 Å². The predicted molar refractivity (Wildman–Crippen MR) is 146 cm³/mol. The lowest BCUT2D eigenvalue weighted by Gasteiger charge is -2.37. The number of alkyl halides is 3. The van der Waals surface area contributed by atoms with Gasteiger partial charge in [0, 0.05) is 12.5 Å². The highest BCUT2D eigenvalue weighted by atomic mass is 32.1. The fourth-order valence-electron chi connectivity index (χ4n) is 5.32. The third-order valence-corrected chi connectivity index (χ3v) is 7.96. The minimum Gasteiger partial charge on any atom is -0.335 e. The second-order valence-corrected chi connectivity index (χ2v) is 10.7. The molecule has 2 N–H and O–H groups in total. The van der Waals surface area contributed by atoms with Gasteiger partial charge in [-0.15, -0.1) is 0 Å². The Labute approximate surface area is 228 Å². The maximum atomic E-state index is 14.8. The van der Waals surface area contributed by atoms with Gasteiger partial charge in [-0.1, -0.05) is 67.4 Å².